The summed E-state index contributed by atoms with van der Waals surface area (Å²) < 4.78 is 0. The fraction of sp³-hybridized carbons (Fsp3) is 0.294. The summed E-state index contributed by atoms with van der Waals surface area (Å²) in [6.07, 6.45) is 0. The third-order valence-electron chi connectivity index (χ3n) is 3.52. The summed E-state index contributed by atoms with van der Waals surface area (Å²) in [5.74, 6) is 0. The van der Waals surface area contributed by atoms with Gasteiger partial charge in [-0.25, -0.2) is 0 Å². The summed E-state index contributed by atoms with van der Waals surface area (Å²) in [4.78, 5) is 0. The fourth-order valence-corrected chi connectivity index (χ4v) is 2.51. The monoisotopic (exact) mass is 273 g/mol. The van der Waals surface area contributed by atoms with E-state index < -0.39 is 0 Å². The molecule has 2 heteroatoms. The van der Waals surface area contributed by atoms with Crippen LogP contribution < -0.4 is 5.32 Å². The number of rotatable bonds is 4. The normalized spacial score (nSPS) is 14.1. The van der Waals surface area contributed by atoms with Gasteiger partial charge in [-0.2, -0.15) is 0 Å². The highest BCUT2D eigenvalue weighted by Crippen LogP contribution is 2.22. The number of benzene rings is 2. The average molecular weight is 274 g/mol. The first kappa shape index (κ1) is 14.1. The van der Waals surface area contributed by atoms with E-state index in [4.69, 9.17) is 11.6 Å². The summed E-state index contributed by atoms with van der Waals surface area (Å²) in [6, 6.07) is 17.2. The molecule has 1 nitrogen and oxygen atoms in total. The zero-order chi connectivity index (χ0) is 13.8. The van der Waals surface area contributed by atoms with Gasteiger partial charge in [-0.3, -0.25) is 0 Å². The number of nitrogens with one attached hydrogen (secondary N) is 1. The molecule has 2 rings (SSSR count). The molecule has 1 N–H and O–H groups in total. The zero-order valence-electron chi connectivity index (χ0n) is 11.7. The molecular formula is C17H20ClN. The molecule has 19 heavy (non-hydrogen) atoms. The van der Waals surface area contributed by atoms with Crippen LogP contribution in [0.2, 0.25) is 5.02 Å². The molecule has 2 atom stereocenters. The van der Waals surface area contributed by atoms with E-state index >= 15 is 0 Å². The van der Waals surface area contributed by atoms with E-state index in [0.717, 1.165) is 5.02 Å². The molecule has 0 spiro atoms. The van der Waals surface area contributed by atoms with E-state index in [-0.39, 0.29) is 0 Å². The highest BCUT2D eigenvalue weighted by Gasteiger charge is 2.12. The number of hydrogen-bond donors (Lipinski definition) is 1. The fourth-order valence-electron chi connectivity index (χ4n) is 2.39. The molecule has 0 radical (unpaired) electrons. The Morgan fingerprint density at radius 2 is 1.53 bits per heavy atom. The summed E-state index contributed by atoms with van der Waals surface area (Å²) in [6.45, 7) is 6.53. The van der Waals surface area contributed by atoms with Crippen LogP contribution in [0.4, 0.5) is 0 Å². The number of aryl methyl sites for hydroxylation is 1. The predicted octanol–water partition coefficient (Wildman–Crippen LogP) is 5.06. The van der Waals surface area contributed by atoms with Crippen LogP contribution in [-0.4, -0.2) is 0 Å². The molecule has 2 aromatic carbocycles. The van der Waals surface area contributed by atoms with Crippen molar-refractivity contribution in [2.24, 2.45) is 0 Å². The lowest BCUT2D eigenvalue weighted by molar-refractivity contribution is 0.493. The van der Waals surface area contributed by atoms with E-state index in [9.17, 15) is 0 Å². The highest BCUT2D eigenvalue weighted by molar-refractivity contribution is 6.30. The second-order valence-corrected chi connectivity index (χ2v) is 5.45. The van der Waals surface area contributed by atoms with E-state index in [1.807, 2.05) is 12.1 Å². The highest BCUT2D eigenvalue weighted by atomic mass is 35.5. The summed E-state index contributed by atoms with van der Waals surface area (Å²) in [7, 11) is 0. The molecule has 2 aromatic rings. The zero-order valence-corrected chi connectivity index (χ0v) is 12.4. The SMILES string of the molecule is Cc1ccccc1[C@H](C)NC(C)c1ccc(Cl)cc1. The smallest absolute Gasteiger partial charge is 0.0406 e. The van der Waals surface area contributed by atoms with Crippen molar-refractivity contribution in [3.63, 3.8) is 0 Å². The van der Waals surface area contributed by atoms with Gasteiger partial charge in [-0.1, -0.05) is 48.0 Å². The van der Waals surface area contributed by atoms with Crippen molar-refractivity contribution in [2.45, 2.75) is 32.9 Å². The number of hydrogen-bond acceptors (Lipinski definition) is 1. The second-order valence-electron chi connectivity index (χ2n) is 5.02. The van der Waals surface area contributed by atoms with E-state index in [1.165, 1.54) is 16.7 Å². The van der Waals surface area contributed by atoms with Gasteiger partial charge in [-0.15, -0.1) is 0 Å². The van der Waals surface area contributed by atoms with Gasteiger partial charge >= 0.3 is 0 Å². The van der Waals surface area contributed by atoms with Crippen molar-refractivity contribution >= 4 is 11.6 Å². The first-order valence-corrected chi connectivity index (χ1v) is 7.03. The van der Waals surface area contributed by atoms with Crippen LogP contribution in [-0.2, 0) is 0 Å². The molecule has 0 aliphatic carbocycles. The minimum absolute atomic E-state index is 0.298. The Bertz CT molecular complexity index is 533. The standard InChI is InChI=1S/C17H20ClN/c1-12-6-4-5-7-17(12)14(3)19-13(2)15-8-10-16(18)11-9-15/h4-11,13-14,19H,1-3H3/t13?,14-/m0/s1. The average Bonchev–Trinajstić information content (AvgIpc) is 2.39. The maximum absolute atomic E-state index is 5.92. The van der Waals surface area contributed by atoms with Crippen LogP contribution >= 0.6 is 11.6 Å². The third-order valence-corrected chi connectivity index (χ3v) is 3.78. The summed E-state index contributed by atoms with van der Waals surface area (Å²) in [5, 5.41) is 4.41. The largest absolute Gasteiger partial charge is 0.304 e. The van der Waals surface area contributed by atoms with E-state index in [2.05, 4.69) is 62.5 Å². The molecule has 0 fully saturated rings. The van der Waals surface area contributed by atoms with Gasteiger partial charge in [0.25, 0.3) is 0 Å². The molecule has 0 aliphatic heterocycles. The van der Waals surface area contributed by atoms with Gasteiger partial charge in [0.05, 0.1) is 0 Å². The van der Waals surface area contributed by atoms with Gasteiger partial charge in [-0.05, 0) is 49.6 Å². The lowest BCUT2D eigenvalue weighted by Gasteiger charge is -2.22. The van der Waals surface area contributed by atoms with Crippen LogP contribution in [0.5, 0.6) is 0 Å². The lowest BCUT2D eigenvalue weighted by atomic mass is 10.0. The van der Waals surface area contributed by atoms with Gasteiger partial charge in [0.15, 0.2) is 0 Å². The van der Waals surface area contributed by atoms with Crippen LogP contribution in [0.25, 0.3) is 0 Å². The molecular weight excluding hydrogens is 254 g/mol. The minimum atomic E-state index is 0.298. The van der Waals surface area contributed by atoms with Crippen LogP contribution in [0.15, 0.2) is 48.5 Å². The van der Waals surface area contributed by atoms with Gasteiger partial charge < -0.3 is 5.32 Å². The molecule has 0 aliphatic rings. The van der Waals surface area contributed by atoms with Crippen molar-refractivity contribution in [1.29, 1.82) is 0 Å². The Morgan fingerprint density at radius 1 is 0.895 bits per heavy atom. The summed E-state index contributed by atoms with van der Waals surface area (Å²) >= 11 is 5.92. The molecule has 0 saturated carbocycles. The van der Waals surface area contributed by atoms with Gasteiger partial charge in [0, 0.05) is 17.1 Å². The van der Waals surface area contributed by atoms with Gasteiger partial charge in [0.2, 0.25) is 0 Å². The summed E-state index contributed by atoms with van der Waals surface area (Å²) in [5.41, 5.74) is 3.93. The molecule has 100 valence electrons. The quantitative estimate of drug-likeness (QED) is 0.821. The van der Waals surface area contributed by atoms with Crippen molar-refractivity contribution in [1.82, 2.24) is 5.32 Å². The maximum Gasteiger partial charge on any atom is 0.0406 e. The molecule has 0 bridgehead atoms. The molecule has 0 saturated heterocycles. The number of halogens is 1. The van der Waals surface area contributed by atoms with E-state index in [1.54, 1.807) is 0 Å². The van der Waals surface area contributed by atoms with Crippen LogP contribution in [0.1, 0.15) is 42.6 Å². The van der Waals surface area contributed by atoms with E-state index in [0.29, 0.717) is 12.1 Å². The molecule has 1 unspecified atom stereocenters. The van der Waals surface area contributed by atoms with Crippen LogP contribution in [0.3, 0.4) is 0 Å². The van der Waals surface area contributed by atoms with Crippen LogP contribution in [0, 0.1) is 6.92 Å². The maximum atomic E-state index is 5.92. The first-order chi connectivity index (χ1) is 9.08. The second kappa shape index (κ2) is 6.23. The van der Waals surface area contributed by atoms with Crippen molar-refractivity contribution in [3.8, 4) is 0 Å². The van der Waals surface area contributed by atoms with Crippen molar-refractivity contribution in [2.75, 3.05) is 0 Å². The minimum Gasteiger partial charge on any atom is -0.304 e. The Labute approximate surface area is 120 Å². The van der Waals surface area contributed by atoms with Gasteiger partial charge in [0.1, 0.15) is 0 Å². The van der Waals surface area contributed by atoms with Crippen molar-refractivity contribution < 1.29 is 0 Å². The van der Waals surface area contributed by atoms with Crippen molar-refractivity contribution in [3.05, 3.63) is 70.2 Å². The Hall–Kier alpha value is -1.31. The Kier molecular flexibility index (Phi) is 4.62. The predicted molar refractivity (Wildman–Crippen MR) is 82.6 cm³/mol. The first-order valence-electron chi connectivity index (χ1n) is 6.65. The Morgan fingerprint density at radius 3 is 2.16 bits per heavy atom. The third kappa shape index (κ3) is 3.59. The lowest BCUT2D eigenvalue weighted by Crippen LogP contribution is -2.23. The molecule has 0 amide bonds. The topological polar surface area (TPSA) is 12.0 Å². The Balaban J connectivity index is 2.08. The molecule has 0 heterocycles. The molecule has 0 aromatic heterocycles.